The summed E-state index contributed by atoms with van der Waals surface area (Å²) >= 11 is 0. The van der Waals surface area contributed by atoms with Gasteiger partial charge in [0.2, 0.25) is 0 Å². The van der Waals surface area contributed by atoms with Crippen LogP contribution in [0.1, 0.15) is 5.56 Å². The Kier molecular flexibility index (Phi) is 4.57. The van der Waals surface area contributed by atoms with E-state index < -0.39 is 12.0 Å². The number of ether oxygens (including phenoxy) is 2. The van der Waals surface area contributed by atoms with Crippen molar-refractivity contribution in [2.24, 2.45) is 0 Å². The second kappa shape index (κ2) is 6.38. The molecule has 1 fully saturated rings. The van der Waals surface area contributed by atoms with Gasteiger partial charge < -0.3 is 19.5 Å². The van der Waals surface area contributed by atoms with Crippen LogP contribution in [0.25, 0.3) is 0 Å². The molecule has 0 aromatic heterocycles. The minimum atomic E-state index is -1.06. The van der Waals surface area contributed by atoms with Gasteiger partial charge in [-0.2, -0.15) is 0 Å². The molecule has 20 heavy (non-hydrogen) atoms. The highest BCUT2D eigenvalue weighted by atomic mass is 16.5. The topological polar surface area (TPSA) is 76.1 Å². The summed E-state index contributed by atoms with van der Waals surface area (Å²) in [6.45, 7) is 2.35. The number of hydrogen-bond donors (Lipinski definition) is 1. The first-order valence-corrected chi connectivity index (χ1v) is 6.38. The van der Waals surface area contributed by atoms with Gasteiger partial charge in [0.05, 0.1) is 13.2 Å². The van der Waals surface area contributed by atoms with Crippen LogP contribution in [-0.2, 0) is 14.3 Å². The molecule has 1 aromatic carbocycles. The van der Waals surface area contributed by atoms with E-state index in [-0.39, 0.29) is 25.7 Å². The lowest BCUT2D eigenvalue weighted by molar-refractivity contribution is -0.159. The van der Waals surface area contributed by atoms with Crippen LogP contribution < -0.4 is 4.74 Å². The van der Waals surface area contributed by atoms with Crippen molar-refractivity contribution in [3.05, 3.63) is 29.8 Å². The first kappa shape index (κ1) is 14.3. The molecule has 2 rings (SSSR count). The van der Waals surface area contributed by atoms with Gasteiger partial charge in [-0.15, -0.1) is 0 Å². The number of morpholine rings is 1. The Morgan fingerprint density at radius 2 is 2.20 bits per heavy atom. The lowest BCUT2D eigenvalue weighted by Crippen LogP contribution is -2.53. The molecule has 1 amide bonds. The second-order valence-corrected chi connectivity index (χ2v) is 4.57. The third kappa shape index (κ3) is 3.27. The van der Waals surface area contributed by atoms with Crippen LogP contribution in [0.15, 0.2) is 24.3 Å². The highest BCUT2D eigenvalue weighted by Crippen LogP contribution is 2.16. The summed E-state index contributed by atoms with van der Waals surface area (Å²) in [5.41, 5.74) is 0.928. The molecule has 1 aliphatic rings. The Bertz CT molecular complexity index is 502. The number of carboxylic acid groups (broad SMARTS) is 1. The number of amides is 1. The van der Waals surface area contributed by atoms with Crippen LogP contribution in [0.4, 0.5) is 0 Å². The molecule has 0 spiro atoms. The number of aryl methyl sites for hydroxylation is 1. The largest absolute Gasteiger partial charge is 0.484 e. The fourth-order valence-corrected chi connectivity index (χ4v) is 2.05. The van der Waals surface area contributed by atoms with Gasteiger partial charge in [0.25, 0.3) is 5.91 Å². The van der Waals surface area contributed by atoms with Gasteiger partial charge in [-0.05, 0) is 18.6 Å². The van der Waals surface area contributed by atoms with Crippen LogP contribution >= 0.6 is 0 Å². The van der Waals surface area contributed by atoms with Gasteiger partial charge in [-0.1, -0.05) is 18.2 Å². The maximum absolute atomic E-state index is 12.1. The summed E-state index contributed by atoms with van der Waals surface area (Å²) in [6, 6.07) is 6.43. The molecular weight excluding hydrogens is 262 g/mol. The molecule has 0 unspecified atom stereocenters. The molecule has 0 radical (unpaired) electrons. The summed E-state index contributed by atoms with van der Waals surface area (Å²) in [4.78, 5) is 24.5. The molecule has 6 heteroatoms. The summed E-state index contributed by atoms with van der Waals surface area (Å²) in [5.74, 6) is -0.779. The van der Waals surface area contributed by atoms with Crippen LogP contribution in [0.3, 0.4) is 0 Å². The smallest absolute Gasteiger partial charge is 0.328 e. The average Bonchev–Trinajstić information content (AvgIpc) is 2.46. The predicted octanol–water partition coefficient (Wildman–Crippen LogP) is 0.686. The fraction of sp³-hybridized carbons (Fsp3) is 0.429. The molecule has 1 atom stereocenters. The van der Waals surface area contributed by atoms with Crippen LogP contribution in [0.5, 0.6) is 5.75 Å². The molecule has 1 aromatic rings. The zero-order chi connectivity index (χ0) is 14.5. The van der Waals surface area contributed by atoms with E-state index in [9.17, 15) is 9.59 Å². The maximum Gasteiger partial charge on any atom is 0.328 e. The van der Waals surface area contributed by atoms with Gasteiger partial charge >= 0.3 is 5.97 Å². The van der Waals surface area contributed by atoms with Crippen molar-refractivity contribution in [2.75, 3.05) is 26.4 Å². The van der Waals surface area contributed by atoms with E-state index in [0.717, 1.165) is 5.56 Å². The third-order valence-electron chi connectivity index (χ3n) is 3.18. The Morgan fingerprint density at radius 3 is 2.90 bits per heavy atom. The number of aliphatic carboxylic acids is 1. The fourth-order valence-electron chi connectivity index (χ4n) is 2.05. The van der Waals surface area contributed by atoms with Crippen molar-refractivity contribution in [2.45, 2.75) is 13.0 Å². The number of hydrogen-bond acceptors (Lipinski definition) is 4. The molecule has 0 bridgehead atoms. The third-order valence-corrected chi connectivity index (χ3v) is 3.18. The second-order valence-electron chi connectivity index (χ2n) is 4.57. The van der Waals surface area contributed by atoms with Crippen LogP contribution in [0.2, 0.25) is 0 Å². The number of nitrogens with zero attached hydrogens (tertiary/aromatic N) is 1. The molecular formula is C14H17NO5. The minimum absolute atomic E-state index is 0.0193. The summed E-state index contributed by atoms with van der Waals surface area (Å²) in [7, 11) is 0. The molecule has 1 heterocycles. The van der Waals surface area contributed by atoms with E-state index >= 15 is 0 Å². The van der Waals surface area contributed by atoms with Crippen molar-refractivity contribution in [1.29, 1.82) is 0 Å². The first-order chi connectivity index (χ1) is 9.59. The monoisotopic (exact) mass is 279 g/mol. The highest BCUT2D eigenvalue weighted by Gasteiger charge is 2.32. The number of carbonyl (C=O) groups is 2. The van der Waals surface area contributed by atoms with Crippen molar-refractivity contribution in [1.82, 2.24) is 4.90 Å². The molecule has 1 aliphatic heterocycles. The first-order valence-electron chi connectivity index (χ1n) is 6.38. The van der Waals surface area contributed by atoms with Crippen molar-refractivity contribution < 1.29 is 24.2 Å². The molecule has 0 aliphatic carbocycles. The van der Waals surface area contributed by atoms with Gasteiger partial charge in [0.15, 0.2) is 12.6 Å². The maximum atomic E-state index is 12.1. The van der Waals surface area contributed by atoms with Crippen LogP contribution in [0, 0.1) is 6.92 Å². The number of carbonyl (C=O) groups excluding carboxylic acids is 1. The predicted molar refractivity (Wildman–Crippen MR) is 70.6 cm³/mol. The van der Waals surface area contributed by atoms with Crippen LogP contribution in [-0.4, -0.2) is 54.3 Å². The molecule has 1 N–H and O–H groups in total. The normalized spacial score (nSPS) is 18.6. The van der Waals surface area contributed by atoms with E-state index in [4.69, 9.17) is 14.6 Å². The van der Waals surface area contributed by atoms with Crippen molar-refractivity contribution in [3.63, 3.8) is 0 Å². The number of rotatable bonds is 4. The summed E-state index contributed by atoms with van der Waals surface area (Å²) in [5, 5.41) is 9.07. The zero-order valence-corrected chi connectivity index (χ0v) is 11.2. The van der Waals surface area contributed by atoms with E-state index in [1.165, 1.54) is 4.90 Å². The van der Waals surface area contributed by atoms with Gasteiger partial charge in [0, 0.05) is 6.54 Å². The van der Waals surface area contributed by atoms with Gasteiger partial charge in [-0.25, -0.2) is 4.79 Å². The lowest BCUT2D eigenvalue weighted by atomic mass is 10.2. The quantitative estimate of drug-likeness (QED) is 0.877. The lowest BCUT2D eigenvalue weighted by Gasteiger charge is -2.32. The Labute approximate surface area is 116 Å². The number of para-hydroxylation sites is 1. The van der Waals surface area contributed by atoms with Crippen molar-refractivity contribution >= 4 is 11.9 Å². The van der Waals surface area contributed by atoms with E-state index in [0.29, 0.717) is 12.4 Å². The Hall–Kier alpha value is -2.08. The Balaban J connectivity index is 1.97. The molecule has 108 valence electrons. The highest BCUT2D eigenvalue weighted by molar-refractivity contribution is 5.84. The molecule has 0 saturated carbocycles. The number of benzene rings is 1. The van der Waals surface area contributed by atoms with Gasteiger partial charge in [-0.3, -0.25) is 4.79 Å². The molecule has 6 nitrogen and oxygen atoms in total. The zero-order valence-electron chi connectivity index (χ0n) is 11.2. The van der Waals surface area contributed by atoms with E-state index in [1.54, 1.807) is 6.07 Å². The Morgan fingerprint density at radius 1 is 1.45 bits per heavy atom. The van der Waals surface area contributed by atoms with Crippen molar-refractivity contribution in [3.8, 4) is 5.75 Å². The average molecular weight is 279 g/mol. The van der Waals surface area contributed by atoms with Gasteiger partial charge in [0.1, 0.15) is 5.75 Å². The van der Waals surface area contributed by atoms with E-state index in [2.05, 4.69) is 0 Å². The summed E-state index contributed by atoms with van der Waals surface area (Å²) in [6.07, 6.45) is 0. The summed E-state index contributed by atoms with van der Waals surface area (Å²) < 4.78 is 10.5. The van der Waals surface area contributed by atoms with E-state index in [1.807, 2.05) is 25.1 Å². The standard InChI is InChI=1S/C14H17NO5/c1-10-4-2-3-5-12(10)20-9-13(16)15-6-7-19-8-11(15)14(17)18/h2-5,11H,6-9H2,1H3,(H,17,18)/t11-/m1/s1. The SMILES string of the molecule is Cc1ccccc1OCC(=O)N1CCOC[C@@H]1C(=O)O. The molecule has 1 saturated heterocycles. The minimum Gasteiger partial charge on any atom is -0.484 e. The number of carboxylic acids is 1.